The number of Topliss-reactive ketones (excluding diaryl/α,β-unsaturated/α-hetero) is 1. The van der Waals surface area contributed by atoms with E-state index in [0.29, 0.717) is 18.6 Å². The predicted molar refractivity (Wildman–Crippen MR) is 97.7 cm³/mol. The third-order valence-electron chi connectivity index (χ3n) is 4.71. The molecule has 0 aliphatic heterocycles. The number of fused-ring (bicyclic) bond motifs is 1. The topological polar surface area (TPSA) is 44.9 Å². The van der Waals surface area contributed by atoms with Crippen molar-refractivity contribution in [2.75, 3.05) is 5.32 Å². The van der Waals surface area contributed by atoms with Gasteiger partial charge in [-0.1, -0.05) is 36.4 Å². The molecule has 0 saturated heterocycles. The fraction of sp³-hybridized carbons (Fsp3) is 0.190. The fourth-order valence-corrected chi connectivity index (χ4v) is 3.40. The minimum absolute atomic E-state index is 0.323. The molecule has 2 aromatic carbocycles. The van der Waals surface area contributed by atoms with Gasteiger partial charge in [0.05, 0.1) is 0 Å². The maximum atomic E-state index is 11.8. The maximum Gasteiger partial charge on any atom is 0.137 e. The van der Waals surface area contributed by atoms with Crippen LogP contribution in [-0.4, -0.2) is 10.8 Å². The lowest BCUT2D eigenvalue weighted by Crippen LogP contribution is -2.14. The summed E-state index contributed by atoms with van der Waals surface area (Å²) in [5, 5.41) is 3.45. The van der Waals surface area contributed by atoms with Gasteiger partial charge in [-0.25, -0.2) is 0 Å². The van der Waals surface area contributed by atoms with Crippen molar-refractivity contribution < 1.29 is 4.79 Å². The molecular weight excluding hydrogens is 296 g/mol. The smallest absolute Gasteiger partial charge is 0.137 e. The molecule has 0 fully saturated rings. The van der Waals surface area contributed by atoms with Crippen LogP contribution in [0.3, 0.4) is 0 Å². The van der Waals surface area contributed by atoms with E-state index >= 15 is 0 Å². The molecule has 3 aromatic rings. The first-order chi connectivity index (χ1) is 11.7. The summed E-state index contributed by atoms with van der Waals surface area (Å²) < 4.78 is 0. The molecule has 0 atom stereocenters. The van der Waals surface area contributed by atoms with Gasteiger partial charge in [0.15, 0.2) is 0 Å². The van der Waals surface area contributed by atoms with Crippen molar-refractivity contribution in [1.29, 1.82) is 0 Å². The lowest BCUT2D eigenvalue weighted by molar-refractivity contribution is -0.118. The molecule has 1 aliphatic carbocycles. The highest BCUT2D eigenvalue weighted by Gasteiger charge is 2.18. The Hall–Kier alpha value is -2.81. The van der Waals surface area contributed by atoms with Crippen LogP contribution in [0.1, 0.15) is 23.1 Å². The van der Waals surface area contributed by atoms with Gasteiger partial charge in [-0.15, -0.1) is 0 Å². The van der Waals surface area contributed by atoms with E-state index in [1.807, 2.05) is 18.2 Å². The molecule has 120 valence electrons. The molecule has 0 amide bonds. The Morgan fingerprint density at radius 2 is 1.83 bits per heavy atom. The second kappa shape index (κ2) is 6.00. The van der Waals surface area contributed by atoms with Crippen LogP contribution in [-0.2, 0) is 17.6 Å². The summed E-state index contributed by atoms with van der Waals surface area (Å²) in [5.74, 6) is 1.27. The summed E-state index contributed by atoms with van der Waals surface area (Å²) in [6.07, 6.45) is 2.04. The van der Waals surface area contributed by atoms with E-state index < -0.39 is 0 Å². The number of ketones is 1. The van der Waals surface area contributed by atoms with Crippen LogP contribution < -0.4 is 5.32 Å². The second-order valence-corrected chi connectivity index (χ2v) is 6.38. The third kappa shape index (κ3) is 2.73. The van der Waals surface area contributed by atoms with Gasteiger partial charge in [-0.2, -0.15) is 0 Å². The van der Waals surface area contributed by atoms with E-state index in [9.17, 15) is 4.79 Å². The van der Waals surface area contributed by atoms with E-state index in [2.05, 4.69) is 53.6 Å². The number of rotatable bonds is 3. The Morgan fingerprint density at radius 1 is 0.958 bits per heavy atom. The van der Waals surface area contributed by atoms with Gasteiger partial charge in [0, 0.05) is 29.8 Å². The molecule has 24 heavy (non-hydrogen) atoms. The van der Waals surface area contributed by atoms with Gasteiger partial charge in [0.1, 0.15) is 11.6 Å². The SMILES string of the molecule is Cc1ccccc1-c1ccc(Nc2cccc3c2CC(=O)CC3)[nH]1. The van der Waals surface area contributed by atoms with Crippen molar-refractivity contribution in [3.05, 3.63) is 71.3 Å². The number of hydrogen-bond donors (Lipinski definition) is 2. The number of anilines is 2. The number of benzene rings is 2. The van der Waals surface area contributed by atoms with E-state index in [-0.39, 0.29) is 0 Å². The van der Waals surface area contributed by atoms with Gasteiger partial charge in [-0.3, -0.25) is 4.79 Å². The van der Waals surface area contributed by atoms with Crippen LogP contribution in [0.5, 0.6) is 0 Å². The van der Waals surface area contributed by atoms with Gasteiger partial charge < -0.3 is 10.3 Å². The Balaban J connectivity index is 1.64. The quantitative estimate of drug-likeness (QED) is 0.729. The number of nitrogens with one attached hydrogen (secondary N) is 2. The third-order valence-corrected chi connectivity index (χ3v) is 4.71. The fourth-order valence-electron chi connectivity index (χ4n) is 3.40. The Kier molecular flexibility index (Phi) is 3.69. The highest BCUT2D eigenvalue weighted by Crippen LogP contribution is 2.30. The highest BCUT2D eigenvalue weighted by atomic mass is 16.1. The van der Waals surface area contributed by atoms with Gasteiger partial charge >= 0.3 is 0 Å². The van der Waals surface area contributed by atoms with E-state index in [1.54, 1.807) is 0 Å². The van der Waals surface area contributed by atoms with Crippen LogP contribution >= 0.6 is 0 Å². The van der Waals surface area contributed by atoms with Crippen molar-refractivity contribution in [2.45, 2.75) is 26.2 Å². The number of carbonyl (C=O) groups excluding carboxylic acids is 1. The Morgan fingerprint density at radius 3 is 2.71 bits per heavy atom. The molecule has 3 heteroatoms. The molecule has 0 spiro atoms. The summed E-state index contributed by atoms with van der Waals surface area (Å²) >= 11 is 0. The first kappa shape index (κ1) is 14.8. The van der Waals surface area contributed by atoms with E-state index in [4.69, 9.17) is 0 Å². The van der Waals surface area contributed by atoms with Crippen molar-refractivity contribution in [3.8, 4) is 11.3 Å². The standard InChI is InChI=1S/C21H20N2O/c1-14-5-2-3-7-17(14)20-11-12-21(23-20)22-19-8-4-6-15-9-10-16(24)13-18(15)19/h2-8,11-12,22-23H,9-10,13H2,1H3. The molecule has 1 aliphatic rings. The van der Waals surface area contributed by atoms with E-state index in [0.717, 1.165) is 29.2 Å². The summed E-state index contributed by atoms with van der Waals surface area (Å²) in [7, 11) is 0. The molecule has 0 bridgehead atoms. The molecule has 0 unspecified atom stereocenters. The Labute approximate surface area is 141 Å². The number of aromatic amines is 1. The number of H-pyrrole nitrogens is 1. The lowest BCUT2D eigenvalue weighted by Gasteiger charge is -2.19. The summed E-state index contributed by atoms with van der Waals surface area (Å²) in [4.78, 5) is 15.3. The molecule has 3 nitrogen and oxygen atoms in total. The predicted octanol–water partition coefficient (Wildman–Crippen LogP) is 4.79. The monoisotopic (exact) mass is 316 g/mol. The van der Waals surface area contributed by atoms with Crippen LogP contribution in [0.2, 0.25) is 0 Å². The minimum Gasteiger partial charge on any atom is -0.342 e. The van der Waals surface area contributed by atoms with Crippen LogP contribution in [0.25, 0.3) is 11.3 Å². The zero-order valence-corrected chi connectivity index (χ0v) is 13.7. The zero-order chi connectivity index (χ0) is 16.5. The van der Waals surface area contributed by atoms with Crippen molar-refractivity contribution >= 4 is 17.3 Å². The molecule has 0 radical (unpaired) electrons. The second-order valence-electron chi connectivity index (χ2n) is 6.38. The van der Waals surface area contributed by atoms with Gasteiger partial charge in [0.25, 0.3) is 0 Å². The van der Waals surface area contributed by atoms with Crippen molar-refractivity contribution in [3.63, 3.8) is 0 Å². The average Bonchev–Trinajstić information content (AvgIpc) is 3.04. The molecule has 0 saturated carbocycles. The normalized spacial score (nSPS) is 13.6. The summed E-state index contributed by atoms with van der Waals surface area (Å²) in [6, 6.07) is 18.7. The van der Waals surface area contributed by atoms with Crippen LogP contribution in [0, 0.1) is 6.92 Å². The molecule has 2 N–H and O–H groups in total. The molecule has 1 aromatic heterocycles. The van der Waals surface area contributed by atoms with Crippen molar-refractivity contribution in [1.82, 2.24) is 4.98 Å². The van der Waals surface area contributed by atoms with Crippen LogP contribution in [0.15, 0.2) is 54.6 Å². The number of carbonyl (C=O) groups is 1. The largest absolute Gasteiger partial charge is 0.342 e. The molecule has 4 rings (SSSR count). The van der Waals surface area contributed by atoms with E-state index in [1.165, 1.54) is 16.7 Å². The average molecular weight is 316 g/mol. The molecular formula is C21H20N2O. The summed E-state index contributed by atoms with van der Waals surface area (Å²) in [6.45, 7) is 2.11. The number of aryl methyl sites for hydroxylation is 2. The van der Waals surface area contributed by atoms with Gasteiger partial charge in [0.2, 0.25) is 0 Å². The minimum atomic E-state index is 0.323. The first-order valence-electron chi connectivity index (χ1n) is 8.35. The number of aromatic nitrogens is 1. The van der Waals surface area contributed by atoms with Gasteiger partial charge in [-0.05, 0) is 48.2 Å². The lowest BCUT2D eigenvalue weighted by atomic mass is 9.89. The molecule has 1 heterocycles. The summed E-state index contributed by atoms with van der Waals surface area (Å²) in [5.41, 5.74) is 6.99. The zero-order valence-electron chi connectivity index (χ0n) is 13.7. The number of hydrogen-bond acceptors (Lipinski definition) is 2. The van der Waals surface area contributed by atoms with Crippen LogP contribution in [0.4, 0.5) is 11.5 Å². The first-order valence-corrected chi connectivity index (χ1v) is 8.35. The highest BCUT2D eigenvalue weighted by molar-refractivity contribution is 5.86. The van der Waals surface area contributed by atoms with Crippen molar-refractivity contribution in [2.24, 2.45) is 0 Å². The Bertz CT molecular complexity index is 908. The maximum absolute atomic E-state index is 11.8.